The SMILES string of the molecule is NC(=O)C(CC(=O)NC1O[C@H](CO)[C@@H](O)[C@H]1OP(=O)(O)O)c1ncc(N)[nH]1. The molecule has 0 spiro atoms. The number of carbonyl (C=O) groups is 2. The van der Waals surface area contributed by atoms with Crippen LogP contribution in [-0.4, -0.2) is 72.9 Å². The molecule has 1 aromatic rings. The number of aliphatic hydroxyl groups is 2. The molecule has 152 valence electrons. The third kappa shape index (κ3) is 5.46. The highest BCUT2D eigenvalue weighted by molar-refractivity contribution is 7.46. The number of imidazole rings is 1. The number of H-pyrrole nitrogens is 1. The zero-order valence-electron chi connectivity index (χ0n) is 13.8. The lowest BCUT2D eigenvalue weighted by Crippen LogP contribution is -2.45. The molecule has 1 aromatic heterocycles. The maximum absolute atomic E-state index is 12.2. The minimum absolute atomic E-state index is 0.0544. The van der Waals surface area contributed by atoms with Crippen molar-refractivity contribution >= 4 is 25.5 Å². The second-order valence-electron chi connectivity index (χ2n) is 5.78. The molecule has 27 heavy (non-hydrogen) atoms. The average Bonchev–Trinajstić information content (AvgIpc) is 3.09. The van der Waals surface area contributed by atoms with Gasteiger partial charge in [-0.2, -0.15) is 0 Å². The van der Waals surface area contributed by atoms with Crippen molar-refractivity contribution in [3.8, 4) is 0 Å². The van der Waals surface area contributed by atoms with Crippen LogP contribution in [0.25, 0.3) is 0 Å². The Morgan fingerprint density at radius 2 is 2.15 bits per heavy atom. The van der Waals surface area contributed by atoms with E-state index in [2.05, 4.69) is 19.8 Å². The predicted molar refractivity (Wildman–Crippen MR) is 86.4 cm³/mol. The van der Waals surface area contributed by atoms with E-state index in [1.54, 1.807) is 0 Å². The summed E-state index contributed by atoms with van der Waals surface area (Å²) in [5.74, 6) is -2.64. The zero-order valence-corrected chi connectivity index (χ0v) is 14.7. The molecule has 2 heterocycles. The fourth-order valence-corrected chi connectivity index (χ4v) is 3.10. The molecule has 0 aromatic carbocycles. The van der Waals surface area contributed by atoms with Gasteiger partial charge in [-0.05, 0) is 0 Å². The summed E-state index contributed by atoms with van der Waals surface area (Å²) in [5, 5.41) is 21.3. The van der Waals surface area contributed by atoms with Gasteiger partial charge >= 0.3 is 7.82 Å². The molecule has 5 atom stereocenters. The highest BCUT2D eigenvalue weighted by Gasteiger charge is 2.48. The topological polar surface area (TPSA) is 243 Å². The normalized spacial score (nSPS) is 26.7. The lowest BCUT2D eigenvalue weighted by atomic mass is 10.0. The summed E-state index contributed by atoms with van der Waals surface area (Å²) in [5.41, 5.74) is 10.7. The van der Waals surface area contributed by atoms with E-state index in [1.807, 2.05) is 0 Å². The number of nitrogens with one attached hydrogen (secondary N) is 2. The molecule has 1 aliphatic heterocycles. The molecular weight excluding hydrogens is 389 g/mol. The molecule has 0 saturated carbocycles. The number of carbonyl (C=O) groups excluding carboxylic acids is 2. The second kappa shape index (κ2) is 8.31. The van der Waals surface area contributed by atoms with Crippen LogP contribution >= 0.6 is 7.82 Å². The number of primary amides is 1. The van der Waals surface area contributed by atoms with Gasteiger partial charge < -0.3 is 46.5 Å². The van der Waals surface area contributed by atoms with Crippen molar-refractivity contribution in [2.45, 2.75) is 36.9 Å². The number of phosphoric acid groups is 1. The third-order valence-corrected chi connectivity index (χ3v) is 4.28. The summed E-state index contributed by atoms with van der Waals surface area (Å²) in [7, 11) is -5.03. The van der Waals surface area contributed by atoms with Gasteiger partial charge in [0.2, 0.25) is 11.8 Å². The number of hydrogen-bond donors (Lipinski definition) is 8. The van der Waals surface area contributed by atoms with Crippen molar-refractivity contribution in [2.24, 2.45) is 5.73 Å². The van der Waals surface area contributed by atoms with E-state index in [0.717, 1.165) is 0 Å². The molecule has 1 fully saturated rings. The van der Waals surface area contributed by atoms with Crippen LogP contribution in [0.5, 0.6) is 0 Å². The molecule has 0 bridgehead atoms. The van der Waals surface area contributed by atoms with Crippen LogP contribution in [0.15, 0.2) is 6.20 Å². The zero-order chi connectivity index (χ0) is 20.4. The van der Waals surface area contributed by atoms with E-state index in [4.69, 9.17) is 31.1 Å². The smallest absolute Gasteiger partial charge is 0.394 e. The number of hydrogen-bond acceptors (Lipinski definition) is 9. The van der Waals surface area contributed by atoms with Crippen molar-refractivity contribution in [3.05, 3.63) is 12.0 Å². The summed E-state index contributed by atoms with van der Waals surface area (Å²) < 4.78 is 20.6. The number of nitrogens with two attached hydrogens (primary N) is 2. The van der Waals surface area contributed by atoms with Gasteiger partial charge in [-0.15, -0.1) is 0 Å². The number of ether oxygens (including phenoxy) is 1. The summed E-state index contributed by atoms with van der Waals surface area (Å²) in [6.45, 7) is -0.690. The van der Waals surface area contributed by atoms with Gasteiger partial charge in [-0.3, -0.25) is 14.1 Å². The first-order valence-corrected chi connectivity index (χ1v) is 9.12. The van der Waals surface area contributed by atoms with Gasteiger partial charge in [0.25, 0.3) is 0 Å². The van der Waals surface area contributed by atoms with E-state index >= 15 is 0 Å². The van der Waals surface area contributed by atoms with Crippen molar-refractivity contribution in [1.82, 2.24) is 15.3 Å². The quantitative estimate of drug-likeness (QED) is 0.197. The van der Waals surface area contributed by atoms with Gasteiger partial charge in [0, 0.05) is 6.42 Å². The van der Waals surface area contributed by atoms with Gasteiger partial charge in [0.05, 0.1) is 12.8 Å². The van der Waals surface area contributed by atoms with Crippen molar-refractivity contribution < 1.29 is 43.4 Å². The van der Waals surface area contributed by atoms with Gasteiger partial charge in [-0.25, -0.2) is 9.55 Å². The van der Waals surface area contributed by atoms with Crippen LogP contribution in [-0.2, 0) is 23.4 Å². The third-order valence-electron chi connectivity index (χ3n) is 3.76. The Bertz CT molecular complexity index is 737. The Hall–Kier alpha value is -2.06. The average molecular weight is 409 g/mol. The number of aromatic amines is 1. The molecule has 0 aliphatic carbocycles. The number of phosphoric ester groups is 1. The molecular formula is C12H20N5O9P. The Morgan fingerprint density at radius 1 is 1.48 bits per heavy atom. The molecule has 2 unspecified atom stereocenters. The molecule has 10 N–H and O–H groups in total. The van der Waals surface area contributed by atoms with Crippen LogP contribution in [0.3, 0.4) is 0 Å². The van der Waals surface area contributed by atoms with Crippen LogP contribution in [0, 0.1) is 0 Å². The van der Waals surface area contributed by atoms with Crippen molar-refractivity contribution in [3.63, 3.8) is 0 Å². The number of nitrogens with zero attached hydrogens (tertiary/aromatic N) is 1. The first-order valence-electron chi connectivity index (χ1n) is 7.59. The number of nitrogen functional groups attached to an aromatic ring is 1. The van der Waals surface area contributed by atoms with E-state index < -0.39 is 63.1 Å². The van der Waals surface area contributed by atoms with E-state index in [-0.39, 0.29) is 11.6 Å². The van der Waals surface area contributed by atoms with Gasteiger partial charge in [-0.1, -0.05) is 0 Å². The first-order chi connectivity index (χ1) is 12.5. The Morgan fingerprint density at radius 3 is 2.63 bits per heavy atom. The minimum atomic E-state index is -5.03. The molecule has 1 saturated heterocycles. The maximum Gasteiger partial charge on any atom is 0.470 e. The second-order valence-corrected chi connectivity index (χ2v) is 6.97. The number of amides is 2. The molecule has 14 nitrogen and oxygen atoms in total. The highest BCUT2D eigenvalue weighted by atomic mass is 31.2. The number of aliphatic hydroxyl groups excluding tert-OH is 2. The number of anilines is 1. The number of rotatable bonds is 8. The summed E-state index contributed by atoms with van der Waals surface area (Å²) >= 11 is 0. The lowest BCUT2D eigenvalue weighted by Gasteiger charge is -2.22. The Balaban J connectivity index is 2.09. The maximum atomic E-state index is 12.2. The standard InChI is InChI=1S/C12H20N5O9P/c13-6-2-15-11(16-6)4(10(14)21)1-7(19)17-12-9(26-27(22,23)24)8(20)5(3-18)25-12/h2,4-5,8-9,12,18,20H,1,3,13H2,(H2,14,21)(H,15,16)(H,17,19)(H2,22,23,24)/t4?,5-,8-,9-,12?/m1/s1. The van der Waals surface area contributed by atoms with Crippen LogP contribution in [0.1, 0.15) is 18.2 Å². The van der Waals surface area contributed by atoms with Crippen LogP contribution < -0.4 is 16.8 Å². The predicted octanol–water partition coefficient (Wildman–Crippen LogP) is -3.38. The molecule has 0 radical (unpaired) electrons. The van der Waals surface area contributed by atoms with E-state index in [9.17, 15) is 19.3 Å². The van der Waals surface area contributed by atoms with Crippen molar-refractivity contribution in [1.29, 1.82) is 0 Å². The van der Waals surface area contributed by atoms with Crippen LogP contribution in [0.2, 0.25) is 0 Å². The molecule has 15 heteroatoms. The molecule has 1 aliphatic rings. The minimum Gasteiger partial charge on any atom is -0.394 e. The molecule has 2 amide bonds. The summed E-state index contributed by atoms with van der Waals surface area (Å²) in [6, 6.07) is 0. The van der Waals surface area contributed by atoms with E-state index in [1.165, 1.54) is 6.20 Å². The Kier molecular flexibility index (Phi) is 6.54. The monoisotopic (exact) mass is 409 g/mol. The largest absolute Gasteiger partial charge is 0.470 e. The van der Waals surface area contributed by atoms with Crippen molar-refractivity contribution in [2.75, 3.05) is 12.3 Å². The fraction of sp³-hybridized carbons (Fsp3) is 0.583. The summed E-state index contributed by atoms with van der Waals surface area (Å²) in [6.07, 6.45) is -5.28. The Labute approximate surface area is 152 Å². The van der Waals surface area contributed by atoms with Gasteiger partial charge in [0.15, 0.2) is 6.23 Å². The van der Waals surface area contributed by atoms with Crippen LogP contribution in [0.4, 0.5) is 5.82 Å². The number of aromatic nitrogens is 2. The van der Waals surface area contributed by atoms with Gasteiger partial charge in [0.1, 0.15) is 35.9 Å². The molecule has 2 rings (SSSR count). The first kappa shape index (κ1) is 21.2. The highest BCUT2D eigenvalue weighted by Crippen LogP contribution is 2.41. The fourth-order valence-electron chi connectivity index (χ4n) is 2.54. The lowest BCUT2D eigenvalue weighted by molar-refractivity contribution is -0.130. The summed E-state index contributed by atoms with van der Waals surface area (Å²) in [4.78, 5) is 48.1. The van der Waals surface area contributed by atoms with E-state index in [0.29, 0.717) is 0 Å².